The van der Waals surface area contributed by atoms with E-state index >= 15 is 0 Å². The first-order valence-corrected chi connectivity index (χ1v) is 22.1. The molecule has 282 valence electrons. The number of allylic oxidation sites excluding steroid dienone is 2. The first kappa shape index (κ1) is 36.8. The third-order valence-corrected chi connectivity index (χ3v) is 13.7. The predicted octanol–water partition coefficient (Wildman–Crippen LogP) is 13.9. The van der Waals surface area contributed by atoms with Crippen molar-refractivity contribution in [1.82, 2.24) is 0 Å². The quantitative estimate of drug-likeness (QED) is 0.122. The second-order valence-electron chi connectivity index (χ2n) is 15.9. The van der Waals surface area contributed by atoms with Crippen LogP contribution in [0.3, 0.4) is 0 Å². The van der Waals surface area contributed by atoms with Crippen molar-refractivity contribution in [3.8, 4) is 44.5 Å². The van der Waals surface area contributed by atoms with E-state index in [1.165, 1.54) is 99.4 Å². The fourth-order valence-electron chi connectivity index (χ4n) is 9.46. The lowest BCUT2D eigenvalue weighted by molar-refractivity contribution is 0.909. The maximum atomic E-state index is 2.46. The van der Waals surface area contributed by atoms with Crippen LogP contribution in [0.15, 0.2) is 205 Å². The molecular formula is C58H46Si. The van der Waals surface area contributed by atoms with Crippen LogP contribution in [-0.2, 0) is 0 Å². The molecular weight excluding hydrogens is 725 g/mol. The molecule has 0 aromatic heterocycles. The fourth-order valence-corrected chi connectivity index (χ4v) is 10.5. The Morgan fingerprint density at radius 2 is 0.695 bits per heavy atom. The number of benzene rings is 8. The molecule has 2 atom stereocenters. The molecule has 0 aliphatic heterocycles. The molecule has 2 aliphatic rings. The molecule has 1 heteroatoms. The van der Waals surface area contributed by atoms with Gasteiger partial charge >= 0.3 is 0 Å². The van der Waals surface area contributed by atoms with Crippen LogP contribution in [0.2, 0.25) is 0 Å². The van der Waals surface area contributed by atoms with Gasteiger partial charge in [0.2, 0.25) is 0 Å². The molecule has 0 heterocycles. The summed E-state index contributed by atoms with van der Waals surface area (Å²) in [6.07, 6.45) is 6.99. The van der Waals surface area contributed by atoms with Gasteiger partial charge in [0.25, 0.3) is 0 Å². The Bertz CT molecular complexity index is 2610. The average Bonchev–Trinajstić information content (AvgIpc) is 3.89. The van der Waals surface area contributed by atoms with Gasteiger partial charge in [-0.05, 0) is 90.7 Å². The Hall–Kier alpha value is -6.54. The molecule has 0 saturated heterocycles. The van der Waals surface area contributed by atoms with Crippen LogP contribution in [0, 0.1) is 0 Å². The van der Waals surface area contributed by atoms with Crippen molar-refractivity contribution in [2.24, 2.45) is 0 Å². The summed E-state index contributed by atoms with van der Waals surface area (Å²) in [5.41, 5.74) is 21.5. The summed E-state index contributed by atoms with van der Waals surface area (Å²) < 4.78 is 0. The molecule has 2 radical (unpaired) electrons. The van der Waals surface area contributed by atoms with Gasteiger partial charge in [-0.25, -0.2) is 0 Å². The van der Waals surface area contributed by atoms with E-state index in [-0.39, 0.29) is 0 Å². The van der Waals surface area contributed by atoms with Crippen LogP contribution in [0.25, 0.3) is 56.7 Å². The van der Waals surface area contributed by atoms with Gasteiger partial charge in [-0.2, -0.15) is 0 Å². The van der Waals surface area contributed by atoms with Gasteiger partial charge < -0.3 is 0 Å². The largest absolute Gasteiger partial charge is 0.121 e. The zero-order valence-corrected chi connectivity index (χ0v) is 34.7. The van der Waals surface area contributed by atoms with Crippen molar-refractivity contribution in [1.29, 1.82) is 0 Å². The number of hydrogen-bond donors (Lipinski definition) is 0. The Labute approximate surface area is 352 Å². The first-order chi connectivity index (χ1) is 29.1. The van der Waals surface area contributed by atoms with Gasteiger partial charge in [-0.3, -0.25) is 0 Å². The van der Waals surface area contributed by atoms with Crippen LogP contribution in [0.5, 0.6) is 0 Å². The molecule has 2 aliphatic carbocycles. The Kier molecular flexibility index (Phi) is 9.98. The van der Waals surface area contributed by atoms with E-state index in [4.69, 9.17) is 0 Å². The highest BCUT2D eigenvalue weighted by molar-refractivity contribution is 6.67. The minimum atomic E-state index is 0.291. The lowest BCUT2D eigenvalue weighted by Crippen LogP contribution is -2.27. The SMILES string of the molecule is CCC1=Cc2c(-c3ccc(-c4ccccc4)cc3)cccc2C1c1ccc([Si]c2ccc(C3C(CC)=Cc4c(-c5ccc(-c6ccccc6)cc5)cccc43)cc2)cc1. The van der Waals surface area contributed by atoms with E-state index in [0.29, 0.717) is 21.4 Å². The molecule has 8 aromatic carbocycles. The summed E-state index contributed by atoms with van der Waals surface area (Å²) in [6.45, 7) is 4.59. The van der Waals surface area contributed by atoms with Crippen LogP contribution < -0.4 is 10.4 Å². The average molecular weight is 771 g/mol. The second-order valence-corrected chi connectivity index (χ2v) is 17.3. The van der Waals surface area contributed by atoms with E-state index in [1.54, 1.807) is 0 Å². The summed E-state index contributed by atoms with van der Waals surface area (Å²) in [5.74, 6) is 0.582. The van der Waals surface area contributed by atoms with Gasteiger partial charge in [0.15, 0.2) is 0 Å². The molecule has 0 amide bonds. The molecule has 8 aromatic rings. The van der Waals surface area contributed by atoms with Crippen molar-refractivity contribution in [2.45, 2.75) is 38.5 Å². The van der Waals surface area contributed by atoms with Crippen molar-refractivity contribution < 1.29 is 0 Å². The Balaban J connectivity index is 0.858. The monoisotopic (exact) mass is 770 g/mol. The molecule has 0 fully saturated rings. The molecule has 2 unspecified atom stereocenters. The van der Waals surface area contributed by atoms with E-state index < -0.39 is 0 Å². The predicted molar refractivity (Wildman–Crippen MR) is 253 cm³/mol. The standard InChI is InChI=1S/C58H46Si/c1-3-39-37-55-51(45-25-21-43(22-26-45)41-13-7-5-8-14-41)17-11-19-53(55)57(39)47-29-33-49(34-30-47)59-50-35-31-48(32-36-50)58-40(4-2)38-56-52(18-12-20-54(56)58)46-27-23-44(24-28-46)42-15-9-6-10-16-42/h5-38,57-58H,3-4H2,1-2H3. The van der Waals surface area contributed by atoms with Crippen LogP contribution in [0.1, 0.15) is 71.9 Å². The van der Waals surface area contributed by atoms with E-state index in [9.17, 15) is 0 Å². The van der Waals surface area contributed by atoms with Gasteiger partial charge in [-0.1, -0.05) is 242 Å². The highest BCUT2D eigenvalue weighted by Crippen LogP contribution is 2.47. The minimum absolute atomic E-state index is 0.291. The molecule has 0 N–H and O–H groups in total. The van der Waals surface area contributed by atoms with Gasteiger partial charge in [0, 0.05) is 11.8 Å². The van der Waals surface area contributed by atoms with Crippen molar-refractivity contribution in [3.63, 3.8) is 0 Å². The van der Waals surface area contributed by atoms with Crippen molar-refractivity contribution >= 4 is 32.0 Å². The lowest BCUT2D eigenvalue weighted by atomic mass is 9.86. The highest BCUT2D eigenvalue weighted by Gasteiger charge is 2.29. The zero-order chi connectivity index (χ0) is 39.7. The van der Waals surface area contributed by atoms with Gasteiger partial charge in [0.1, 0.15) is 9.52 Å². The summed E-state index contributed by atoms with van der Waals surface area (Å²) >= 11 is 0. The topological polar surface area (TPSA) is 0 Å². The Morgan fingerprint density at radius 3 is 1.07 bits per heavy atom. The highest BCUT2D eigenvalue weighted by atomic mass is 28.2. The third-order valence-electron chi connectivity index (χ3n) is 12.5. The fraction of sp³-hybridized carbons (Fsp3) is 0.103. The maximum Gasteiger partial charge on any atom is 0.121 e. The molecule has 59 heavy (non-hydrogen) atoms. The van der Waals surface area contributed by atoms with Crippen LogP contribution >= 0.6 is 0 Å². The number of rotatable bonds is 10. The number of fused-ring (bicyclic) bond motifs is 2. The first-order valence-electron chi connectivity index (χ1n) is 21.1. The van der Waals surface area contributed by atoms with E-state index in [1.807, 2.05) is 0 Å². The minimum Gasteiger partial charge on any atom is -0.0628 e. The summed E-state index contributed by atoms with van der Waals surface area (Å²) in [7, 11) is 0.611. The van der Waals surface area contributed by atoms with E-state index in [2.05, 4.69) is 220 Å². The summed E-state index contributed by atoms with van der Waals surface area (Å²) in [5, 5.41) is 2.74. The zero-order valence-electron chi connectivity index (χ0n) is 33.7. The second kappa shape index (κ2) is 16.0. The van der Waals surface area contributed by atoms with Gasteiger partial charge in [-0.15, -0.1) is 0 Å². The normalized spacial score (nSPS) is 15.4. The molecule has 10 rings (SSSR count). The van der Waals surface area contributed by atoms with Crippen molar-refractivity contribution in [3.05, 3.63) is 239 Å². The molecule has 0 nitrogen and oxygen atoms in total. The van der Waals surface area contributed by atoms with Crippen LogP contribution in [0.4, 0.5) is 0 Å². The van der Waals surface area contributed by atoms with Crippen LogP contribution in [-0.4, -0.2) is 9.52 Å². The maximum absolute atomic E-state index is 2.46. The molecule has 0 spiro atoms. The third kappa shape index (κ3) is 7.07. The summed E-state index contributed by atoms with van der Waals surface area (Å²) in [4.78, 5) is 0. The Morgan fingerprint density at radius 1 is 0.339 bits per heavy atom. The summed E-state index contributed by atoms with van der Waals surface area (Å²) in [6, 6.07) is 72.1. The van der Waals surface area contributed by atoms with E-state index in [0.717, 1.165) is 12.8 Å². The molecule has 0 saturated carbocycles. The van der Waals surface area contributed by atoms with Gasteiger partial charge in [0.05, 0.1) is 0 Å². The smallest absolute Gasteiger partial charge is 0.0628 e. The lowest BCUT2D eigenvalue weighted by Gasteiger charge is -2.19. The van der Waals surface area contributed by atoms with Crippen molar-refractivity contribution in [2.75, 3.05) is 0 Å². The molecule has 0 bridgehead atoms. The number of hydrogen-bond acceptors (Lipinski definition) is 0.